The van der Waals surface area contributed by atoms with Gasteiger partial charge < -0.3 is 15.3 Å². The molecule has 1 saturated heterocycles. The largest absolute Gasteiger partial charge is 0.507 e. The van der Waals surface area contributed by atoms with Crippen molar-refractivity contribution in [2.45, 2.75) is 13.0 Å². The average Bonchev–Trinajstić information content (AvgIpc) is 2.40. The van der Waals surface area contributed by atoms with E-state index in [9.17, 15) is 9.90 Å². The van der Waals surface area contributed by atoms with Crippen molar-refractivity contribution in [1.29, 1.82) is 0 Å². The van der Waals surface area contributed by atoms with Crippen LogP contribution in [-0.4, -0.2) is 66.6 Å². The van der Waals surface area contributed by atoms with E-state index in [1.807, 2.05) is 6.92 Å². The number of aromatic hydroxyl groups is 1. The Morgan fingerprint density at radius 2 is 1.95 bits per heavy atom. The first-order valence-corrected chi connectivity index (χ1v) is 8.02. The van der Waals surface area contributed by atoms with Crippen molar-refractivity contribution in [2.24, 2.45) is 0 Å². The molecule has 1 heterocycles. The number of hydrogen-bond acceptors (Lipinski definition) is 4. The van der Waals surface area contributed by atoms with E-state index in [0.717, 1.165) is 32.7 Å². The molecule has 0 aliphatic carbocycles. The molecule has 5 nitrogen and oxygen atoms in total. The first-order chi connectivity index (χ1) is 10.4. The second-order valence-corrected chi connectivity index (χ2v) is 6.60. The van der Waals surface area contributed by atoms with Crippen LogP contribution in [0.3, 0.4) is 0 Å². The lowest BCUT2D eigenvalue weighted by atomic mass is 10.1. The number of benzene rings is 1. The normalized spacial score (nSPS) is 18.2. The molecule has 0 aromatic heterocycles. The molecular formula is C15H21Cl2N3O2. The molecule has 1 aromatic rings. The molecule has 7 heteroatoms. The summed E-state index contributed by atoms with van der Waals surface area (Å²) in [4.78, 5) is 16.9. The Balaban J connectivity index is 1.94. The minimum absolute atomic E-state index is 0.0398. The van der Waals surface area contributed by atoms with Crippen molar-refractivity contribution >= 4 is 29.1 Å². The summed E-state index contributed by atoms with van der Waals surface area (Å²) in [6.07, 6.45) is 0. The minimum Gasteiger partial charge on any atom is -0.507 e. The Morgan fingerprint density at radius 3 is 2.55 bits per heavy atom. The van der Waals surface area contributed by atoms with Crippen LogP contribution in [0.2, 0.25) is 10.0 Å². The Morgan fingerprint density at radius 1 is 1.32 bits per heavy atom. The van der Waals surface area contributed by atoms with Gasteiger partial charge in [0.05, 0.1) is 10.6 Å². The quantitative estimate of drug-likeness (QED) is 0.876. The summed E-state index contributed by atoms with van der Waals surface area (Å²) in [5, 5.41) is 13.2. The van der Waals surface area contributed by atoms with Gasteiger partial charge in [-0.1, -0.05) is 23.2 Å². The molecule has 1 atom stereocenters. The van der Waals surface area contributed by atoms with Crippen LogP contribution in [0, 0.1) is 0 Å². The number of likely N-dealkylation sites (N-methyl/N-ethyl adjacent to an activating group) is 1. The molecule has 1 aliphatic rings. The van der Waals surface area contributed by atoms with Gasteiger partial charge in [-0.15, -0.1) is 0 Å². The SMILES string of the molecule is CC(CN1CCN(C)CC1)NC(=O)c1c(O)cc(Cl)cc1Cl. The van der Waals surface area contributed by atoms with Crippen LogP contribution in [-0.2, 0) is 0 Å². The van der Waals surface area contributed by atoms with Crippen molar-refractivity contribution in [3.63, 3.8) is 0 Å². The number of hydrogen-bond donors (Lipinski definition) is 2. The zero-order chi connectivity index (χ0) is 16.3. The van der Waals surface area contributed by atoms with Gasteiger partial charge >= 0.3 is 0 Å². The standard InChI is InChI=1S/C15H21Cl2N3O2/c1-10(9-20-5-3-19(2)4-6-20)18-15(22)14-12(17)7-11(16)8-13(14)21/h7-8,10,21H,3-6,9H2,1-2H3,(H,18,22). The van der Waals surface area contributed by atoms with Crippen LogP contribution in [0.25, 0.3) is 0 Å². The second-order valence-electron chi connectivity index (χ2n) is 5.76. The van der Waals surface area contributed by atoms with E-state index in [0.29, 0.717) is 5.02 Å². The van der Waals surface area contributed by atoms with E-state index >= 15 is 0 Å². The van der Waals surface area contributed by atoms with Gasteiger partial charge in [0.15, 0.2) is 0 Å². The van der Waals surface area contributed by atoms with Crippen molar-refractivity contribution in [1.82, 2.24) is 15.1 Å². The number of phenolic OH excluding ortho intramolecular Hbond substituents is 1. The monoisotopic (exact) mass is 345 g/mol. The zero-order valence-electron chi connectivity index (χ0n) is 12.8. The topological polar surface area (TPSA) is 55.8 Å². The van der Waals surface area contributed by atoms with E-state index < -0.39 is 0 Å². The van der Waals surface area contributed by atoms with Crippen LogP contribution >= 0.6 is 23.2 Å². The van der Waals surface area contributed by atoms with Crippen molar-refractivity contribution in [3.05, 3.63) is 27.7 Å². The maximum atomic E-state index is 12.3. The van der Waals surface area contributed by atoms with Crippen LogP contribution in [0.15, 0.2) is 12.1 Å². The van der Waals surface area contributed by atoms with Crippen molar-refractivity contribution < 1.29 is 9.90 Å². The van der Waals surface area contributed by atoms with Gasteiger partial charge in [0.2, 0.25) is 0 Å². The number of phenols is 1. The maximum Gasteiger partial charge on any atom is 0.256 e. The molecule has 2 N–H and O–H groups in total. The Hall–Kier alpha value is -1.01. The summed E-state index contributed by atoms with van der Waals surface area (Å²) in [5.74, 6) is -0.595. The highest BCUT2D eigenvalue weighted by Gasteiger charge is 2.21. The Kier molecular flexibility index (Phi) is 5.92. The van der Waals surface area contributed by atoms with Crippen molar-refractivity contribution in [2.75, 3.05) is 39.8 Å². The lowest BCUT2D eigenvalue weighted by Crippen LogP contribution is -2.49. The van der Waals surface area contributed by atoms with Crippen LogP contribution in [0.1, 0.15) is 17.3 Å². The highest BCUT2D eigenvalue weighted by atomic mass is 35.5. The van der Waals surface area contributed by atoms with E-state index in [4.69, 9.17) is 23.2 Å². The Bertz CT molecular complexity index is 523. The van der Waals surface area contributed by atoms with Gasteiger partial charge in [-0.2, -0.15) is 0 Å². The average molecular weight is 346 g/mol. The summed E-state index contributed by atoms with van der Waals surface area (Å²) in [7, 11) is 2.11. The number of nitrogens with one attached hydrogen (secondary N) is 1. The highest BCUT2D eigenvalue weighted by Crippen LogP contribution is 2.29. The van der Waals surface area contributed by atoms with Crippen molar-refractivity contribution in [3.8, 4) is 5.75 Å². The fourth-order valence-corrected chi connectivity index (χ4v) is 3.11. The lowest BCUT2D eigenvalue weighted by molar-refractivity contribution is 0.0912. The smallest absolute Gasteiger partial charge is 0.256 e. The third kappa shape index (κ3) is 4.49. The van der Waals surface area contributed by atoms with Crippen LogP contribution in [0.4, 0.5) is 0 Å². The predicted octanol–water partition coefficient (Wildman–Crippen LogP) is 2.06. The molecule has 1 aromatic carbocycles. The summed E-state index contributed by atoms with van der Waals surface area (Å²) < 4.78 is 0. The lowest BCUT2D eigenvalue weighted by Gasteiger charge is -2.34. The van der Waals surface area contributed by atoms with Crippen LogP contribution in [0.5, 0.6) is 5.75 Å². The molecule has 1 aliphatic heterocycles. The molecule has 1 fully saturated rings. The predicted molar refractivity (Wildman–Crippen MR) is 89.0 cm³/mol. The molecule has 1 amide bonds. The van der Waals surface area contributed by atoms with E-state index in [-0.39, 0.29) is 28.3 Å². The highest BCUT2D eigenvalue weighted by molar-refractivity contribution is 6.37. The third-order valence-corrected chi connectivity index (χ3v) is 4.28. The van der Waals surface area contributed by atoms with Gasteiger partial charge in [-0.05, 0) is 26.1 Å². The van der Waals surface area contributed by atoms with Gasteiger partial charge in [-0.3, -0.25) is 9.69 Å². The molecule has 2 rings (SSSR count). The fourth-order valence-electron chi connectivity index (χ4n) is 2.54. The number of rotatable bonds is 4. The van der Waals surface area contributed by atoms with Gasteiger partial charge in [0.1, 0.15) is 5.75 Å². The van der Waals surface area contributed by atoms with E-state index in [2.05, 4.69) is 22.2 Å². The first-order valence-electron chi connectivity index (χ1n) is 7.26. The van der Waals surface area contributed by atoms with Crippen LogP contribution < -0.4 is 5.32 Å². The molecule has 0 spiro atoms. The fraction of sp³-hybridized carbons (Fsp3) is 0.533. The molecule has 1 unspecified atom stereocenters. The maximum absolute atomic E-state index is 12.3. The Labute approximate surface area is 140 Å². The molecule has 22 heavy (non-hydrogen) atoms. The number of carbonyl (C=O) groups is 1. The second kappa shape index (κ2) is 7.51. The number of halogens is 2. The number of amides is 1. The van der Waals surface area contributed by atoms with Gasteiger partial charge in [-0.25, -0.2) is 0 Å². The minimum atomic E-state index is -0.388. The van der Waals surface area contributed by atoms with Gasteiger partial charge in [0, 0.05) is 43.8 Å². The molecule has 0 bridgehead atoms. The molecule has 0 radical (unpaired) electrons. The third-order valence-electron chi connectivity index (χ3n) is 3.77. The zero-order valence-corrected chi connectivity index (χ0v) is 14.3. The number of carbonyl (C=O) groups excluding carboxylic acids is 1. The summed E-state index contributed by atoms with van der Waals surface area (Å²) >= 11 is 11.8. The summed E-state index contributed by atoms with van der Waals surface area (Å²) in [5.41, 5.74) is 0.0660. The molecule has 0 saturated carbocycles. The molecular weight excluding hydrogens is 325 g/mol. The summed E-state index contributed by atoms with van der Waals surface area (Å²) in [6.45, 7) is 6.75. The van der Waals surface area contributed by atoms with Gasteiger partial charge in [0.25, 0.3) is 5.91 Å². The van der Waals surface area contributed by atoms with E-state index in [1.54, 1.807) is 0 Å². The number of nitrogens with zero attached hydrogens (tertiary/aromatic N) is 2. The van der Waals surface area contributed by atoms with E-state index in [1.165, 1.54) is 12.1 Å². The molecule has 122 valence electrons. The summed E-state index contributed by atoms with van der Waals surface area (Å²) in [6, 6.07) is 2.72. The number of piperazine rings is 1. The first kappa shape index (κ1) is 17.3.